The molecule has 0 bridgehead atoms. The first-order valence-corrected chi connectivity index (χ1v) is 11.3. The number of ether oxygens (including phenoxy) is 1. The lowest BCUT2D eigenvalue weighted by Gasteiger charge is -2.48. The molecule has 0 aliphatic carbocycles. The van der Waals surface area contributed by atoms with Crippen LogP contribution in [0, 0.1) is 0 Å². The van der Waals surface area contributed by atoms with E-state index in [9.17, 15) is 14.4 Å². The summed E-state index contributed by atoms with van der Waals surface area (Å²) in [6, 6.07) is 4.45. The van der Waals surface area contributed by atoms with Gasteiger partial charge in [0.15, 0.2) is 10.8 Å². The van der Waals surface area contributed by atoms with E-state index in [1.54, 1.807) is 35.9 Å². The number of aromatic nitrogens is 2. The number of rotatable bonds is 7. The fourth-order valence-electron chi connectivity index (χ4n) is 3.13. The Morgan fingerprint density at radius 3 is 2.94 bits per heavy atom. The van der Waals surface area contributed by atoms with Crippen LogP contribution in [0.25, 0.3) is 0 Å². The standard InChI is InChI=1S/C19H18N6O5S2/c1-29-24-13(11-9-32-19(20)22-11)15(26)23-14-16(27)25-12(5-7-31-17(14)25)18(28)30-8-10-4-2-3-6-21-10/h2-6,9,14,17H,7-8H2,1H3,(H2,20,22)(H,23,26)/t14?,17-/m1/s1. The van der Waals surface area contributed by atoms with E-state index in [0.29, 0.717) is 11.4 Å². The number of nitrogen functional groups attached to an aromatic ring is 1. The van der Waals surface area contributed by atoms with E-state index < -0.39 is 29.2 Å². The number of hydrogen-bond acceptors (Lipinski definition) is 11. The van der Waals surface area contributed by atoms with E-state index in [1.807, 2.05) is 0 Å². The largest absolute Gasteiger partial charge is 0.455 e. The van der Waals surface area contributed by atoms with Crippen molar-refractivity contribution in [2.75, 3.05) is 18.6 Å². The topological polar surface area (TPSA) is 149 Å². The number of β-lactam (4-membered cyclic amide) rings is 1. The van der Waals surface area contributed by atoms with E-state index in [1.165, 1.54) is 23.8 Å². The van der Waals surface area contributed by atoms with Crippen molar-refractivity contribution in [1.29, 1.82) is 0 Å². The number of nitrogens with zero attached hydrogens (tertiary/aromatic N) is 4. The van der Waals surface area contributed by atoms with Crippen LogP contribution in [0.15, 0.2) is 46.7 Å². The molecule has 0 aromatic carbocycles. The number of thiazole rings is 1. The summed E-state index contributed by atoms with van der Waals surface area (Å²) in [6.07, 6.45) is 3.23. The van der Waals surface area contributed by atoms with E-state index >= 15 is 0 Å². The van der Waals surface area contributed by atoms with Gasteiger partial charge in [0.25, 0.3) is 11.8 Å². The zero-order valence-corrected chi connectivity index (χ0v) is 18.4. The Labute approximate surface area is 190 Å². The van der Waals surface area contributed by atoms with Crippen molar-refractivity contribution in [3.8, 4) is 0 Å². The monoisotopic (exact) mass is 474 g/mol. The molecule has 4 rings (SSSR count). The zero-order chi connectivity index (χ0) is 22.7. The second-order valence-corrected chi connectivity index (χ2v) is 8.60. The summed E-state index contributed by atoms with van der Waals surface area (Å²) in [5.74, 6) is -1.20. The quantitative estimate of drug-likeness (QED) is 0.253. The summed E-state index contributed by atoms with van der Waals surface area (Å²) in [7, 11) is 1.30. The predicted octanol–water partition coefficient (Wildman–Crippen LogP) is 0.498. The summed E-state index contributed by atoms with van der Waals surface area (Å²) in [4.78, 5) is 52.3. The van der Waals surface area contributed by atoms with Gasteiger partial charge in [-0.25, -0.2) is 9.78 Å². The predicted molar refractivity (Wildman–Crippen MR) is 117 cm³/mol. The van der Waals surface area contributed by atoms with Gasteiger partial charge in [-0.2, -0.15) is 0 Å². The highest BCUT2D eigenvalue weighted by atomic mass is 32.2. The molecule has 2 aliphatic heterocycles. The molecule has 32 heavy (non-hydrogen) atoms. The molecule has 166 valence electrons. The highest BCUT2D eigenvalue weighted by Crippen LogP contribution is 2.37. The van der Waals surface area contributed by atoms with Crippen molar-refractivity contribution in [3.63, 3.8) is 0 Å². The Bertz CT molecular complexity index is 1100. The van der Waals surface area contributed by atoms with Crippen LogP contribution in [0.3, 0.4) is 0 Å². The lowest BCUT2D eigenvalue weighted by atomic mass is 10.0. The number of thioether (sulfide) groups is 1. The average Bonchev–Trinajstić information content (AvgIpc) is 3.24. The number of carbonyl (C=O) groups excluding carboxylic acids is 3. The van der Waals surface area contributed by atoms with Crippen molar-refractivity contribution >= 4 is 51.7 Å². The molecule has 0 spiro atoms. The second-order valence-electron chi connectivity index (χ2n) is 6.56. The summed E-state index contributed by atoms with van der Waals surface area (Å²) in [5, 5.41) is 7.75. The third-order valence-electron chi connectivity index (χ3n) is 4.58. The van der Waals surface area contributed by atoms with Gasteiger partial charge in [-0.05, 0) is 18.2 Å². The van der Waals surface area contributed by atoms with Gasteiger partial charge in [0.1, 0.15) is 36.5 Å². The molecular weight excluding hydrogens is 456 g/mol. The highest BCUT2D eigenvalue weighted by Gasteiger charge is 2.53. The minimum absolute atomic E-state index is 0.00929. The van der Waals surface area contributed by atoms with Gasteiger partial charge in [-0.1, -0.05) is 11.2 Å². The summed E-state index contributed by atoms with van der Waals surface area (Å²) in [6.45, 7) is -0.00929. The molecule has 4 heterocycles. The minimum atomic E-state index is -0.835. The van der Waals surface area contributed by atoms with Crippen LogP contribution >= 0.6 is 23.1 Å². The van der Waals surface area contributed by atoms with E-state index in [2.05, 4.69) is 20.4 Å². The van der Waals surface area contributed by atoms with Gasteiger partial charge < -0.3 is 20.6 Å². The van der Waals surface area contributed by atoms with Crippen molar-refractivity contribution < 1.29 is 24.0 Å². The Morgan fingerprint density at radius 2 is 2.25 bits per heavy atom. The van der Waals surface area contributed by atoms with Gasteiger partial charge in [0.2, 0.25) is 0 Å². The first-order chi connectivity index (χ1) is 15.5. The highest BCUT2D eigenvalue weighted by molar-refractivity contribution is 8.00. The SMILES string of the molecule is CON=C(C(=O)NC1C(=O)N2C(C(=O)OCc3ccccn3)=CCS[C@H]12)c1csc(N)n1. The maximum Gasteiger partial charge on any atom is 0.355 e. The molecule has 2 amide bonds. The molecule has 0 radical (unpaired) electrons. The van der Waals surface area contributed by atoms with Crippen LogP contribution in [-0.4, -0.2) is 62.6 Å². The van der Waals surface area contributed by atoms with Crippen molar-refractivity contribution in [1.82, 2.24) is 20.2 Å². The number of fused-ring (bicyclic) bond motifs is 1. The third kappa shape index (κ3) is 4.29. The van der Waals surface area contributed by atoms with E-state index in [4.69, 9.17) is 15.3 Å². The van der Waals surface area contributed by atoms with Gasteiger partial charge in [-0.15, -0.1) is 23.1 Å². The molecule has 2 aliphatic rings. The smallest absolute Gasteiger partial charge is 0.355 e. The molecule has 0 saturated carbocycles. The number of oxime groups is 1. The minimum Gasteiger partial charge on any atom is -0.455 e. The molecule has 2 aromatic heterocycles. The molecule has 11 nitrogen and oxygen atoms in total. The lowest BCUT2D eigenvalue weighted by Crippen LogP contribution is -2.70. The average molecular weight is 475 g/mol. The lowest BCUT2D eigenvalue weighted by molar-refractivity contribution is -0.153. The summed E-state index contributed by atoms with van der Waals surface area (Å²) >= 11 is 2.56. The number of esters is 1. The van der Waals surface area contributed by atoms with Crippen LogP contribution in [0.2, 0.25) is 0 Å². The summed E-state index contributed by atoms with van der Waals surface area (Å²) in [5.41, 5.74) is 6.51. The van der Waals surface area contributed by atoms with Gasteiger partial charge in [0.05, 0.1) is 5.69 Å². The number of nitrogens with two attached hydrogens (primary N) is 1. The second kappa shape index (κ2) is 9.36. The Balaban J connectivity index is 1.41. The van der Waals surface area contributed by atoms with Crippen LogP contribution in [-0.2, 0) is 30.6 Å². The van der Waals surface area contributed by atoms with Crippen LogP contribution in [0.1, 0.15) is 11.4 Å². The van der Waals surface area contributed by atoms with Crippen LogP contribution < -0.4 is 11.1 Å². The van der Waals surface area contributed by atoms with Crippen molar-refractivity contribution in [2.45, 2.75) is 18.0 Å². The van der Waals surface area contributed by atoms with Crippen molar-refractivity contribution in [2.24, 2.45) is 5.16 Å². The normalized spacial score (nSPS) is 20.0. The molecule has 13 heteroatoms. The molecule has 2 atom stereocenters. The van der Waals surface area contributed by atoms with Crippen LogP contribution in [0.5, 0.6) is 0 Å². The summed E-state index contributed by atoms with van der Waals surface area (Å²) < 4.78 is 5.30. The molecule has 2 aromatic rings. The molecular formula is C19H18N6O5S2. The number of amides is 2. The molecule has 1 saturated heterocycles. The molecule has 1 unspecified atom stereocenters. The first-order valence-electron chi connectivity index (χ1n) is 9.35. The first kappa shape index (κ1) is 21.8. The van der Waals surface area contributed by atoms with Gasteiger partial charge in [0, 0.05) is 17.3 Å². The maximum absolute atomic E-state index is 12.8. The fraction of sp³-hybridized carbons (Fsp3) is 0.263. The van der Waals surface area contributed by atoms with Crippen LogP contribution in [0.4, 0.5) is 5.13 Å². The number of anilines is 1. The van der Waals surface area contributed by atoms with E-state index in [-0.39, 0.29) is 28.8 Å². The Hall–Kier alpha value is -3.45. The van der Waals surface area contributed by atoms with Crippen molar-refractivity contribution in [3.05, 3.63) is 52.9 Å². The van der Waals surface area contributed by atoms with Gasteiger partial charge >= 0.3 is 5.97 Å². The fourth-order valence-corrected chi connectivity index (χ4v) is 4.87. The number of nitrogens with one attached hydrogen (secondary N) is 1. The Morgan fingerprint density at radius 1 is 1.41 bits per heavy atom. The number of pyridine rings is 1. The number of carbonyl (C=O) groups is 3. The Kier molecular flexibility index (Phi) is 6.37. The number of hydrogen-bond donors (Lipinski definition) is 2. The zero-order valence-electron chi connectivity index (χ0n) is 16.8. The molecule has 1 fully saturated rings. The van der Waals surface area contributed by atoms with E-state index in [0.717, 1.165) is 11.3 Å². The maximum atomic E-state index is 12.8. The third-order valence-corrected chi connectivity index (χ3v) is 6.44. The van der Waals surface area contributed by atoms with Gasteiger partial charge in [-0.3, -0.25) is 19.5 Å². The molecule has 3 N–H and O–H groups in total.